The van der Waals surface area contributed by atoms with Crippen molar-refractivity contribution in [2.75, 3.05) is 31.8 Å². The highest BCUT2D eigenvalue weighted by Gasteiger charge is 2.54. The van der Waals surface area contributed by atoms with Gasteiger partial charge in [-0.05, 0) is 61.1 Å². The Morgan fingerprint density at radius 3 is 2.45 bits per heavy atom. The summed E-state index contributed by atoms with van der Waals surface area (Å²) in [5, 5.41) is 0. The summed E-state index contributed by atoms with van der Waals surface area (Å²) in [4.78, 5) is 15.5. The number of fused-ring (bicyclic) bond motifs is 2. The summed E-state index contributed by atoms with van der Waals surface area (Å²) >= 11 is 0. The number of benzene rings is 2. The second-order valence-corrected chi connectivity index (χ2v) is 8.70. The van der Waals surface area contributed by atoms with Gasteiger partial charge < -0.3 is 23.8 Å². The van der Waals surface area contributed by atoms with Crippen molar-refractivity contribution in [3.8, 4) is 11.5 Å². The van der Waals surface area contributed by atoms with Crippen LogP contribution in [-0.2, 0) is 33.0 Å². The van der Waals surface area contributed by atoms with Gasteiger partial charge in [0.1, 0.15) is 0 Å². The maximum absolute atomic E-state index is 13.7. The van der Waals surface area contributed by atoms with Gasteiger partial charge >= 0.3 is 0 Å². The predicted octanol–water partition coefficient (Wildman–Crippen LogP) is 5.35. The molecule has 2 aliphatic heterocycles. The van der Waals surface area contributed by atoms with E-state index in [9.17, 15) is 4.79 Å². The largest absolute Gasteiger partial charge is 0.493 e. The average molecular weight is 454 g/mol. The molecule has 0 atom stereocenters. The molecule has 6 heteroatoms. The molecule has 0 saturated carbocycles. The second kappa shape index (κ2) is 10.6. The smallest absolute Gasteiger partial charge is 0.292 e. The van der Waals surface area contributed by atoms with E-state index in [2.05, 4.69) is 26.0 Å². The number of unbranched alkanes of at least 4 members (excludes halogenated alkanes) is 2. The quantitative estimate of drug-likeness (QED) is 0.454. The van der Waals surface area contributed by atoms with Gasteiger partial charge in [0.15, 0.2) is 11.5 Å². The fourth-order valence-electron chi connectivity index (χ4n) is 4.43. The van der Waals surface area contributed by atoms with E-state index < -0.39 is 5.79 Å². The number of anilines is 1. The maximum atomic E-state index is 13.7. The highest BCUT2D eigenvalue weighted by Crippen LogP contribution is 2.46. The molecule has 0 aliphatic carbocycles. The normalized spacial score (nSPS) is 16.8. The number of carbonyl (C=O) groups excluding carboxylic acids is 1. The number of aryl methyl sites for hydroxylation is 1. The van der Waals surface area contributed by atoms with Crippen LogP contribution in [-0.4, -0.2) is 32.8 Å². The van der Waals surface area contributed by atoms with Gasteiger partial charge in [-0.25, -0.2) is 0 Å². The van der Waals surface area contributed by atoms with Gasteiger partial charge in [-0.3, -0.25) is 4.79 Å². The Labute approximate surface area is 196 Å². The molecule has 0 aromatic heterocycles. The highest BCUT2D eigenvalue weighted by atomic mass is 16.7. The van der Waals surface area contributed by atoms with E-state index in [1.807, 2.05) is 24.3 Å². The molecule has 178 valence electrons. The number of hydrogen-bond donors (Lipinski definition) is 0. The molecule has 0 bridgehead atoms. The zero-order valence-corrected chi connectivity index (χ0v) is 20.0. The molecule has 6 nitrogen and oxygen atoms in total. The molecule has 1 saturated heterocycles. The highest BCUT2D eigenvalue weighted by molar-refractivity contribution is 6.06. The van der Waals surface area contributed by atoms with Gasteiger partial charge in [0.05, 0.1) is 39.2 Å². The Morgan fingerprint density at radius 1 is 0.970 bits per heavy atom. The molecular formula is C27H35NO5. The predicted molar refractivity (Wildman–Crippen MR) is 128 cm³/mol. The third kappa shape index (κ3) is 4.73. The van der Waals surface area contributed by atoms with E-state index in [1.165, 1.54) is 5.56 Å². The Bertz CT molecular complexity index is 967. The second-order valence-electron chi connectivity index (χ2n) is 8.70. The molecule has 2 heterocycles. The molecule has 2 aromatic carbocycles. The van der Waals surface area contributed by atoms with Crippen LogP contribution in [0.4, 0.5) is 5.69 Å². The Balaban J connectivity index is 1.63. The molecule has 0 radical (unpaired) electrons. The Hall–Kier alpha value is -2.57. The third-order valence-electron chi connectivity index (χ3n) is 6.28. The Kier molecular flexibility index (Phi) is 7.56. The van der Waals surface area contributed by atoms with Crippen molar-refractivity contribution in [3.05, 3.63) is 53.1 Å². The van der Waals surface area contributed by atoms with Crippen molar-refractivity contribution in [2.45, 2.75) is 64.7 Å². The first-order valence-corrected chi connectivity index (χ1v) is 12.2. The first-order valence-electron chi connectivity index (χ1n) is 12.2. The number of hydrogen-bond acceptors (Lipinski definition) is 5. The summed E-state index contributed by atoms with van der Waals surface area (Å²) in [6.45, 7) is 6.39. The first-order chi connectivity index (χ1) is 16.1. The summed E-state index contributed by atoms with van der Waals surface area (Å²) in [6.07, 6.45) is 6.06. The molecule has 33 heavy (non-hydrogen) atoms. The average Bonchev–Trinajstić information content (AvgIpc) is 3.06. The van der Waals surface area contributed by atoms with Gasteiger partial charge in [-0.1, -0.05) is 38.8 Å². The molecule has 0 N–H and O–H groups in total. The Morgan fingerprint density at radius 2 is 1.73 bits per heavy atom. The van der Waals surface area contributed by atoms with E-state index in [0.717, 1.165) is 61.1 Å². The first kappa shape index (κ1) is 23.6. The summed E-state index contributed by atoms with van der Waals surface area (Å²) in [5.74, 6) is -0.0977. The number of nitrogens with zero attached hydrogens (tertiary/aromatic N) is 1. The van der Waals surface area contributed by atoms with Crippen molar-refractivity contribution >= 4 is 11.6 Å². The lowest BCUT2D eigenvalue weighted by molar-refractivity contribution is -0.256. The maximum Gasteiger partial charge on any atom is 0.292 e. The summed E-state index contributed by atoms with van der Waals surface area (Å²) < 4.78 is 23.5. The van der Waals surface area contributed by atoms with Gasteiger partial charge in [0.2, 0.25) is 0 Å². The van der Waals surface area contributed by atoms with Crippen molar-refractivity contribution in [3.63, 3.8) is 0 Å². The molecule has 1 spiro atoms. The van der Waals surface area contributed by atoms with Gasteiger partial charge in [0.25, 0.3) is 11.7 Å². The lowest BCUT2D eigenvalue weighted by Gasteiger charge is -2.32. The number of amides is 1. The van der Waals surface area contributed by atoms with Crippen LogP contribution in [0.3, 0.4) is 0 Å². The standard InChI is InChI=1S/C27H35NO5/c1-4-6-9-20-10-12-23-22(17-20)27(32-15-8-16-33-27)26(29)28(23)19-21-11-13-24(25(18-21)30-3)31-14-7-5-2/h10-13,17-18H,4-9,14-16,19H2,1-3H3. The third-order valence-corrected chi connectivity index (χ3v) is 6.28. The van der Waals surface area contributed by atoms with Crippen molar-refractivity contribution < 1.29 is 23.7 Å². The zero-order chi connectivity index (χ0) is 23.3. The monoisotopic (exact) mass is 453 g/mol. The fourth-order valence-corrected chi connectivity index (χ4v) is 4.43. The summed E-state index contributed by atoms with van der Waals surface area (Å²) in [5.41, 5.74) is 3.84. The minimum Gasteiger partial charge on any atom is -0.493 e. The van der Waals surface area contributed by atoms with E-state index >= 15 is 0 Å². The van der Waals surface area contributed by atoms with Crippen molar-refractivity contribution in [1.29, 1.82) is 0 Å². The summed E-state index contributed by atoms with van der Waals surface area (Å²) in [6, 6.07) is 12.1. The number of rotatable bonds is 10. The van der Waals surface area contributed by atoms with Crippen LogP contribution in [0.1, 0.15) is 62.6 Å². The SMILES string of the molecule is CCCCOc1ccc(CN2C(=O)C3(OCCCO3)c3cc(CCCC)ccc32)cc1OC. The van der Waals surface area contributed by atoms with Crippen LogP contribution in [0.15, 0.2) is 36.4 Å². The van der Waals surface area contributed by atoms with Crippen LogP contribution in [0, 0.1) is 0 Å². The van der Waals surface area contributed by atoms with Crippen LogP contribution >= 0.6 is 0 Å². The van der Waals surface area contributed by atoms with E-state index in [1.54, 1.807) is 12.0 Å². The summed E-state index contributed by atoms with van der Waals surface area (Å²) in [7, 11) is 1.64. The van der Waals surface area contributed by atoms with Crippen LogP contribution in [0.2, 0.25) is 0 Å². The lowest BCUT2D eigenvalue weighted by atomic mass is 10.00. The molecular weight excluding hydrogens is 418 g/mol. The van der Waals surface area contributed by atoms with Crippen LogP contribution in [0.5, 0.6) is 11.5 Å². The van der Waals surface area contributed by atoms with Gasteiger partial charge in [0, 0.05) is 5.56 Å². The number of ether oxygens (including phenoxy) is 4. The van der Waals surface area contributed by atoms with Gasteiger partial charge in [-0.15, -0.1) is 0 Å². The fraction of sp³-hybridized carbons (Fsp3) is 0.519. The number of carbonyl (C=O) groups is 1. The van der Waals surface area contributed by atoms with Crippen molar-refractivity contribution in [2.24, 2.45) is 0 Å². The topological polar surface area (TPSA) is 57.2 Å². The minimum absolute atomic E-state index is 0.160. The van der Waals surface area contributed by atoms with E-state index in [4.69, 9.17) is 18.9 Å². The molecule has 1 amide bonds. The van der Waals surface area contributed by atoms with E-state index in [-0.39, 0.29) is 5.91 Å². The molecule has 4 rings (SSSR count). The molecule has 1 fully saturated rings. The minimum atomic E-state index is -1.33. The zero-order valence-electron chi connectivity index (χ0n) is 20.0. The molecule has 2 aromatic rings. The number of methoxy groups -OCH3 is 1. The van der Waals surface area contributed by atoms with Crippen LogP contribution < -0.4 is 14.4 Å². The molecule has 2 aliphatic rings. The van der Waals surface area contributed by atoms with E-state index in [0.29, 0.717) is 32.1 Å². The van der Waals surface area contributed by atoms with Crippen molar-refractivity contribution in [1.82, 2.24) is 0 Å². The molecule has 0 unspecified atom stereocenters. The van der Waals surface area contributed by atoms with Crippen LogP contribution in [0.25, 0.3) is 0 Å². The van der Waals surface area contributed by atoms with Gasteiger partial charge in [-0.2, -0.15) is 0 Å². The lowest BCUT2D eigenvalue weighted by Crippen LogP contribution is -2.47.